The van der Waals surface area contributed by atoms with Gasteiger partial charge in [-0.1, -0.05) is 12.8 Å². The summed E-state index contributed by atoms with van der Waals surface area (Å²) in [4.78, 5) is 29.3. The molecule has 162 valence electrons. The monoisotopic (exact) mass is 413 g/mol. The van der Waals surface area contributed by atoms with Crippen molar-refractivity contribution in [3.63, 3.8) is 0 Å². The summed E-state index contributed by atoms with van der Waals surface area (Å²) in [6.07, 6.45) is 10.1. The number of anilines is 1. The van der Waals surface area contributed by atoms with Gasteiger partial charge in [0.05, 0.1) is 5.92 Å². The fraction of sp³-hybridized carbons (Fsp3) is 0.667. The van der Waals surface area contributed by atoms with Gasteiger partial charge in [0.15, 0.2) is 0 Å². The molecule has 5 nitrogen and oxygen atoms in total. The van der Waals surface area contributed by atoms with Crippen LogP contribution in [0.25, 0.3) is 0 Å². The Balaban J connectivity index is 1.32. The van der Waals surface area contributed by atoms with E-state index >= 15 is 0 Å². The quantitative estimate of drug-likeness (QED) is 0.821. The summed E-state index contributed by atoms with van der Waals surface area (Å²) in [7, 11) is 0. The number of hydrogen-bond donors (Lipinski definition) is 1. The molecule has 2 saturated carbocycles. The SMILES string of the molecule is NC(=O)CC1C(=O)N(C2CCN(C3C4CCCC3CCC4)CC2)c2ccc(F)cc21. The molecule has 2 N–H and O–H groups in total. The van der Waals surface area contributed by atoms with E-state index in [-0.39, 0.29) is 24.2 Å². The van der Waals surface area contributed by atoms with E-state index in [9.17, 15) is 14.0 Å². The van der Waals surface area contributed by atoms with Crippen molar-refractivity contribution in [2.24, 2.45) is 17.6 Å². The van der Waals surface area contributed by atoms with E-state index in [4.69, 9.17) is 5.73 Å². The summed E-state index contributed by atoms with van der Waals surface area (Å²) in [6.45, 7) is 2.03. The van der Waals surface area contributed by atoms with Crippen LogP contribution >= 0.6 is 0 Å². The normalized spacial score (nSPS) is 32.3. The standard InChI is InChI=1S/C24H32FN3O2/c25-17-7-8-21-19(13-17)20(14-22(26)29)24(30)28(21)18-9-11-27(12-10-18)23-15-3-1-4-16(23)6-2-5-15/h7-8,13,15-16,18,20,23H,1-6,9-12,14H2,(H2,26,29). The molecule has 30 heavy (non-hydrogen) atoms. The number of piperidine rings is 1. The molecule has 3 fully saturated rings. The average molecular weight is 414 g/mol. The second-order valence-electron chi connectivity index (χ2n) is 9.77. The zero-order chi connectivity index (χ0) is 20.8. The lowest BCUT2D eigenvalue weighted by atomic mass is 9.67. The molecule has 1 aromatic carbocycles. The van der Waals surface area contributed by atoms with Gasteiger partial charge in [-0.2, -0.15) is 0 Å². The van der Waals surface area contributed by atoms with Gasteiger partial charge >= 0.3 is 0 Å². The van der Waals surface area contributed by atoms with Crippen LogP contribution in [0.3, 0.4) is 0 Å². The van der Waals surface area contributed by atoms with Crippen molar-refractivity contribution >= 4 is 17.5 Å². The molecule has 0 spiro atoms. The van der Waals surface area contributed by atoms with E-state index in [0.717, 1.165) is 49.5 Å². The predicted molar refractivity (Wildman–Crippen MR) is 114 cm³/mol. The van der Waals surface area contributed by atoms with Gasteiger partial charge in [-0.05, 0) is 74.1 Å². The molecule has 4 aliphatic rings. The average Bonchev–Trinajstić information content (AvgIpc) is 2.98. The van der Waals surface area contributed by atoms with Crippen molar-refractivity contribution in [1.82, 2.24) is 4.90 Å². The highest BCUT2D eigenvalue weighted by Gasteiger charge is 2.45. The molecule has 0 aromatic heterocycles. The largest absolute Gasteiger partial charge is 0.370 e. The highest BCUT2D eigenvalue weighted by atomic mass is 19.1. The van der Waals surface area contributed by atoms with Crippen LogP contribution in [-0.2, 0) is 9.59 Å². The van der Waals surface area contributed by atoms with Crippen LogP contribution in [0.2, 0.25) is 0 Å². The van der Waals surface area contributed by atoms with E-state index in [1.807, 2.05) is 4.90 Å². The van der Waals surface area contributed by atoms with Crippen molar-refractivity contribution in [2.75, 3.05) is 18.0 Å². The molecule has 1 atom stereocenters. The Morgan fingerprint density at radius 1 is 1.03 bits per heavy atom. The minimum Gasteiger partial charge on any atom is -0.370 e. The number of halogens is 1. The Labute approximate surface area is 177 Å². The molecular weight excluding hydrogens is 381 g/mol. The number of benzene rings is 1. The molecule has 2 heterocycles. The van der Waals surface area contributed by atoms with Crippen LogP contribution in [0.15, 0.2) is 18.2 Å². The minimum absolute atomic E-state index is 0.0595. The van der Waals surface area contributed by atoms with Crippen LogP contribution in [0.5, 0.6) is 0 Å². The third-order valence-electron chi connectivity index (χ3n) is 8.12. The Kier molecular flexibility index (Phi) is 5.30. The minimum atomic E-state index is -0.649. The fourth-order valence-corrected chi connectivity index (χ4v) is 6.90. The maximum absolute atomic E-state index is 13.9. The van der Waals surface area contributed by atoms with Crippen molar-refractivity contribution < 1.29 is 14.0 Å². The second-order valence-corrected chi connectivity index (χ2v) is 9.77. The summed E-state index contributed by atoms with van der Waals surface area (Å²) in [5, 5.41) is 0. The lowest BCUT2D eigenvalue weighted by Crippen LogP contribution is -2.55. The molecular formula is C24H32FN3O2. The van der Waals surface area contributed by atoms with Gasteiger partial charge in [0.25, 0.3) is 0 Å². The number of primary amides is 1. The smallest absolute Gasteiger partial charge is 0.235 e. The van der Waals surface area contributed by atoms with Crippen LogP contribution in [-0.4, -0.2) is 41.9 Å². The van der Waals surface area contributed by atoms with Gasteiger partial charge in [-0.3, -0.25) is 14.5 Å². The molecule has 5 rings (SSSR count). The fourth-order valence-electron chi connectivity index (χ4n) is 6.90. The van der Waals surface area contributed by atoms with Crippen molar-refractivity contribution in [1.29, 1.82) is 0 Å². The highest BCUT2D eigenvalue weighted by Crippen LogP contribution is 2.45. The van der Waals surface area contributed by atoms with Crippen molar-refractivity contribution in [2.45, 2.75) is 75.8 Å². The number of fused-ring (bicyclic) bond motifs is 3. The van der Waals surface area contributed by atoms with Crippen molar-refractivity contribution in [3.8, 4) is 0 Å². The van der Waals surface area contributed by atoms with Gasteiger partial charge < -0.3 is 10.6 Å². The molecule has 2 aliphatic carbocycles. The number of carbonyl (C=O) groups is 2. The van der Waals surface area contributed by atoms with Gasteiger partial charge in [0.1, 0.15) is 5.82 Å². The van der Waals surface area contributed by atoms with Crippen LogP contribution < -0.4 is 10.6 Å². The molecule has 6 heteroatoms. The Bertz CT molecular complexity index is 814. The third-order valence-corrected chi connectivity index (χ3v) is 8.12. The number of amides is 2. The summed E-state index contributed by atoms with van der Waals surface area (Å²) < 4.78 is 13.9. The van der Waals surface area contributed by atoms with E-state index in [2.05, 4.69) is 4.90 Å². The van der Waals surface area contributed by atoms with Crippen molar-refractivity contribution in [3.05, 3.63) is 29.6 Å². The third kappa shape index (κ3) is 3.43. The Morgan fingerprint density at radius 2 is 1.67 bits per heavy atom. The van der Waals surface area contributed by atoms with E-state index in [0.29, 0.717) is 5.56 Å². The van der Waals surface area contributed by atoms with Gasteiger partial charge in [0.2, 0.25) is 11.8 Å². The Morgan fingerprint density at radius 3 is 2.27 bits per heavy atom. The zero-order valence-corrected chi connectivity index (χ0v) is 17.6. The van der Waals surface area contributed by atoms with Gasteiger partial charge in [0, 0.05) is 37.3 Å². The molecule has 0 radical (unpaired) electrons. The molecule has 2 amide bonds. The lowest BCUT2D eigenvalue weighted by molar-refractivity contribution is -0.124. The van der Waals surface area contributed by atoms with Crippen LogP contribution in [0, 0.1) is 17.7 Å². The summed E-state index contributed by atoms with van der Waals surface area (Å²) in [5.41, 5.74) is 6.77. The number of hydrogen-bond acceptors (Lipinski definition) is 3. The predicted octanol–water partition coefficient (Wildman–Crippen LogP) is 3.56. The van der Waals surface area contributed by atoms with E-state index in [1.165, 1.54) is 50.7 Å². The lowest BCUT2D eigenvalue weighted by Gasteiger charge is -2.50. The summed E-state index contributed by atoms with van der Waals surface area (Å²) in [6, 6.07) is 5.34. The first-order valence-electron chi connectivity index (χ1n) is 11.7. The number of rotatable bonds is 4. The summed E-state index contributed by atoms with van der Waals surface area (Å²) >= 11 is 0. The zero-order valence-electron chi connectivity index (χ0n) is 17.6. The summed E-state index contributed by atoms with van der Waals surface area (Å²) in [5.74, 6) is 0.0594. The maximum atomic E-state index is 13.9. The van der Waals surface area contributed by atoms with Gasteiger partial charge in [-0.25, -0.2) is 4.39 Å². The van der Waals surface area contributed by atoms with Crippen LogP contribution in [0.1, 0.15) is 69.3 Å². The molecule has 1 saturated heterocycles. The van der Waals surface area contributed by atoms with E-state index < -0.39 is 11.8 Å². The molecule has 1 unspecified atom stereocenters. The topological polar surface area (TPSA) is 66.6 Å². The first-order valence-corrected chi connectivity index (χ1v) is 11.7. The molecule has 1 aromatic rings. The first-order chi connectivity index (χ1) is 14.5. The second kappa shape index (κ2) is 7.95. The number of nitrogens with zero attached hydrogens (tertiary/aromatic N) is 2. The number of likely N-dealkylation sites (tertiary alicyclic amines) is 1. The number of nitrogens with two attached hydrogens (primary N) is 1. The van der Waals surface area contributed by atoms with E-state index in [1.54, 1.807) is 6.07 Å². The molecule has 2 aliphatic heterocycles. The molecule has 2 bridgehead atoms. The van der Waals surface area contributed by atoms with Crippen LogP contribution in [0.4, 0.5) is 10.1 Å². The number of carbonyl (C=O) groups excluding carboxylic acids is 2. The van der Waals surface area contributed by atoms with Gasteiger partial charge in [-0.15, -0.1) is 0 Å². The first kappa shape index (κ1) is 20.0. The Hall–Kier alpha value is -1.95. The highest BCUT2D eigenvalue weighted by molar-refractivity contribution is 6.07. The maximum Gasteiger partial charge on any atom is 0.235 e.